The van der Waals surface area contributed by atoms with Gasteiger partial charge in [-0.2, -0.15) is 0 Å². The van der Waals surface area contributed by atoms with Crippen molar-refractivity contribution in [3.05, 3.63) is 41.8 Å². The van der Waals surface area contributed by atoms with Crippen molar-refractivity contribution in [2.24, 2.45) is 0 Å². The van der Waals surface area contributed by atoms with Crippen molar-refractivity contribution in [3.8, 4) is 0 Å². The fourth-order valence-corrected chi connectivity index (χ4v) is 3.11. The Kier molecular flexibility index (Phi) is 6.32. The number of aliphatic hydroxyl groups is 1. The molecule has 0 bridgehead atoms. The fourth-order valence-electron chi connectivity index (χ4n) is 2.02. The first-order valence-electron chi connectivity index (χ1n) is 7.31. The summed E-state index contributed by atoms with van der Waals surface area (Å²) in [5, 5.41) is 11.4. The summed E-state index contributed by atoms with van der Waals surface area (Å²) >= 11 is 0. The van der Waals surface area contributed by atoms with Crippen LogP contribution in [-0.4, -0.2) is 43.0 Å². The summed E-state index contributed by atoms with van der Waals surface area (Å²) in [6.45, 7) is 6.17. The highest BCUT2D eigenvalue weighted by Crippen LogP contribution is 2.19. The van der Waals surface area contributed by atoms with Gasteiger partial charge in [-0.1, -0.05) is 25.1 Å². The molecule has 1 amide bonds. The van der Waals surface area contributed by atoms with E-state index in [4.69, 9.17) is 0 Å². The Labute approximate surface area is 132 Å². The van der Waals surface area contributed by atoms with Gasteiger partial charge in [0.05, 0.1) is 4.90 Å². The molecule has 5 nitrogen and oxygen atoms in total. The maximum atomic E-state index is 12.3. The van der Waals surface area contributed by atoms with Gasteiger partial charge in [0.1, 0.15) is 0 Å². The zero-order valence-electron chi connectivity index (χ0n) is 13.2. The van der Waals surface area contributed by atoms with Crippen LogP contribution in [0.1, 0.15) is 27.2 Å². The number of hydrogen-bond donors (Lipinski definition) is 1. The van der Waals surface area contributed by atoms with Crippen LogP contribution in [0.25, 0.3) is 0 Å². The third-order valence-corrected chi connectivity index (χ3v) is 4.98. The van der Waals surface area contributed by atoms with Crippen LogP contribution in [0.5, 0.6) is 0 Å². The molecule has 6 heteroatoms. The molecule has 122 valence electrons. The summed E-state index contributed by atoms with van der Waals surface area (Å²) in [6.07, 6.45) is 1.18. The summed E-state index contributed by atoms with van der Waals surface area (Å²) in [5.74, 6) is -0.487. The smallest absolute Gasteiger partial charge is 0.258 e. The minimum Gasteiger partial charge on any atom is -0.376 e. The molecule has 1 unspecified atom stereocenters. The lowest BCUT2D eigenvalue weighted by Crippen LogP contribution is -2.47. The second-order valence-electron chi connectivity index (χ2n) is 4.92. The van der Waals surface area contributed by atoms with Gasteiger partial charge in [0.15, 0.2) is 15.4 Å². The standard InChI is InChI=1S/C16H23NO4S/c1-4-16(19,15(18)17(5-2)6-3)12-13-22(20,21)14-10-8-7-9-11-14/h7-13,19H,4-6H2,1-3H3/b13-12+. The predicted octanol–water partition coefficient (Wildman–Crippen LogP) is 1.98. The van der Waals surface area contributed by atoms with E-state index in [1.165, 1.54) is 17.0 Å². The zero-order chi connectivity index (χ0) is 16.8. The lowest BCUT2D eigenvalue weighted by Gasteiger charge is -2.29. The second kappa shape index (κ2) is 7.56. The zero-order valence-corrected chi connectivity index (χ0v) is 14.0. The number of benzene rings is 1. The lowest BCUT2D eigenvalue weighted by atomic mass is 9.99. The molecule has 1 aromatic carbocycles. The number of likely N-dealkylation sites (N-methyl/N-ethyl adjacent to an activating group) is 1. The molecule has 0 aliphatic heterocycles. The molecule has 0 spiro atoms. The second-order valence-corrected chi connectivity index (χ2v) is 6.75. The molecule has 1 rings (SSSR count). The number of sulfone groups is 1. The monoisotopic (exact) mass is 325 g/mol. The molecule has 22 heavy (non-hydrogen) atoms. The number of amides is 1. The van der Waals surface area contributed by atoms with Crippen molar-refractivity contribution >= 4 is 15.7 Å². The van der Waals surface area contributed by atoms with Crippen LogP contribution >= 0.6 is 0 Å². The molecular formula is C16H23NO4S. The molecule has 0 saturated carbocycles. The summed E-state index contributed by atoms with van der Waals surface area (Å²) in [7, 11) is -3.69. The Hall–Kier alpha value is -1.66. The maximum Gasteiger partial charge on any atom is 0.258 e. The first-order valence-corrected chi connectivity index (χ1v) is 8.86. The SMILES string of the molecule is CCN(CC)C(=O)C(O)(/C=C/S(=O)(=O)c1ccccc1)CC. The summed E-state index contributed by atoms with van der Waals surface area (Å²) in [5.41, 5.74) is -1.81. The van der Waals surface area contributed by atoms with E-state index in [-0.39, 0.29) is 11.3 Å². The number of carbonyl (C=O) groups is 1. The molecule has 0 saturated heterocycles. The van der Waals surface area contributed by atoms with Gasteiger partial charge >= 0.3 is 0 Å². The van der Waals surface area contributed by atoms with E-state index in [0.29, 0.717) is 13.1 Å². The van der Waals surface area contributed by atoms with E-state index in [9.17, 15) is 18.3 Å². The van der Waals surface area contributed by atoms with E-state index < -0.39 is 21.3 Å². The van der Waals surface area contributed by atoms with E-state index in [0.717, 1.165) is 11.5 Å². The Morgan fingerprint density at radius 2 is 1.73 bits per heavy atom. The molecule has 1 aromatic rings. The van der Waals surface area contributed by atoms with Crippen LogP contribution in [0.2, 0.25) is 0 Å². The van der Waals surface area contributed by atoms with Gasteiger partial charge in [-0.25, -0.2) is 8.42 Å². The highest BCUT2D eigenvalue weighted by Gasteiger charge is 2.34. The summed E-state index contributed by atoms with van der Waals surface area (Å²) in [6, 6.07) is 7.89. The average Bonchev–Trinajstić information content (AvgIpc) is 2.54. The molecule has 0 heterocycles. The molecular weight excluding hydrogens is 302 g/mol. The molecule has 1 atom stereocenters. The molecule has 0 aromatic heterocycles. The lowest BCUT2D eigenvalue weighted by molar-refractivity contribution is -0.146. The molecule has 1 N–H and O–H groups in total. The van der Waals surface area contributed by atoms with Gasteiger partial charge in [-0.05, 0) is 38.5 Å². The largest absolute Gasteiger partial charge is 0.376 e. The summed E-state index contributed by atoms with van der Waals surface area (Å²) in [4.78, 5) is 13.9. The first kappa shape index (κ1) is 18.4. The third-order valence-electron chi connectivity index (χ3n) is 3.55. The predicted molar refractivity (Wildman–Crippen MR) is 85.9 cm³/mol. The normalized spacial score (nSPS) is 14.7. The topological polar surface area (TPSA) is 74.7 Å². The Bertz CT molecular complexity index is 621. The van der Waals surface area contributed by atoms with Crippen molar-refractivity contribution in [3.63, 3.8) is 0 Å². The highest BCUT2D eigenvalue weighted by molar-refractivity contribution is 7.94. The van der Waals surface area contributed by atoms with Crippen molar-refractivity contribution in [1.82, 2.24) is 4.90 Å². The van der Waals surface area contributed by atoms with Gasteiger partial charge in [-0.15, -0.1) is 0 Å². The van der Waals surface area contributed by atoms with Gasteiger partial charge in [0.25, 0.3) is 5.91 Å². The molecule has 0 aliphatic rings. The van der Waals surface area contributed by atoms with E-state index >= 15 is 0 Å². The van der Waals surface area contributed by atoms with E-state index in [1.54, 1.807) is 25.1 Å². The van der Waals surface area contributed by atoms with Crippen LogP contribution in [0.4, 0.5) is 0 Å². The van der Waals surface area contributed by atoms with Crippen LogP contribution < -0.4 is 0 Å². The quantitative estimate of drug-likeness (QED) is 0.832. The van der Waals surface area contributed by atoms with Crippen molar-refractivity contribution in [2.45, 2.75) is 37.7 Å². The minimum atomic E-state index is -3.69. The van der Waals surface area contributed by atoms with Crippen LogP contribution in [-0.2, 0) is 14.6 Å². The highest BCUT2D eigenvalue weighted by atomic mass is 32.2. The third kappa shape index (κ3) is 4.18. The summed E-state index contributed by atoms with van der Waals surface area (Å²) < 4.78 is 24.4. The van der Waals surface area contributed by atoms with Crippen LogP contribution in [0.15, 0.2) is 46.7 Å². The maximum absolute atomic E-state index is 12.3. The van der Waals surface area contributed by atoms with Crippen molar-refractivity contribution in [2.75, 3.05) is 13.1 Å². The first-order chi connectivity index (χ1) is 10.3. The average molecular weight is 325 g/mol. The Morgan fingerprint density at radius 3 is 2.18 bits per heavy atom. The number of nitrogens with zero attached hydrogens (tertiary/aromatic N) is 1. The van der Waals surface area contributed by atoms with E-state index in [1.807, 2.05) is 13.8 Å². The minimum absolute atomic E-state index is 0.100. The molecule has 0 aliphatic carbocycles. The number of hydrogen-bond acceptors (Lipinski definition) is 4. The number of carbonyl (C=O) groups excluding carboxylic acids is 1. The van der Waals surface area contributed by atoms with Gasteiger partial charge in [0, 0.05) is 18.5 Å². The van der Waals surface area contributed by atoms with Crippen molar-refractivity contribution in [1.29, 1.82) is 0 Å². The van der Waals surface area contributed by atoms with Crippen LogP contribution in [0.3, 0.4) is 0 Å². The van der Waals surface area contributed by atoms with E-state index in [2.05, 4.69) is 0 Å². The number of rotatable bonds is 7. The fraction of sp³-hybridized carbons (Fsp3) is 0.438. The van der Waals surface area contributed by atoms with Gasteiger partial charge in [0.2, 0.25) is 0 Å². The van der Waals surface area contributed by atoms with Crippen molar-refractivity contribution < 1.29 is 18.3 Å². The van der Waals surface area contributed by atoms with Gasteiger partial charge in [-0.3, -0.25) is 4.79 Å². The van der Waals surface area contributed by atoms with Crippen LogP contribution in [0, 0.1) is 0 Å². The Morgan fingerprint density at radius 1 is 1.18 bits per heavy atom. The van der Waals surface area contributed by atoms with Gasteiger partial charge < -0.3 is 10.0 Å². The molecule has 0 fully saturated rings. The Balaban J connectivity index is 3.10. The molecule has 0 radical (unpaired) electrons.